The van der Waals surface area contributed by atoms with Gasteiger partial charge in [0.25, 0.3) is 0 Å². The Kier molecular flexibility index (Phi) is 3.78. The highest BCUT2D eigenvalue weighted by molar-refractivity contribution is 6.33. The van der Waals surface area contributed by atoms with Gasteiger partial charge in [-0.2, -0.15) is 0 Å². The molecule has 0 bridgehead atoms. The molecule has 2 aromatic carbocycles. The molecule has 1 N–H and O–H groups in total. The van der Waals surface area contributed by atoms with Crippen LogP contribution in [0.4, 0.5) is 5.69 Å². The van der Waals surface area contributed by atoms with Crippen molar-refractivity contribution < 1.29 is 9.90 Å². The van der Waals surface area contributed by atoms with Crippen LogP contribution in [0.2, 0.25) is 10.0 Å². The number of fused-ring (bicyclic) bond motifs is 3. The molecule has 1 aliphatic carbocycles. The maximum Gasteiger partial charge on any atom is 0.0719 e. The number of carboxylic acid groups (broad SMARTS) is 1. The highest BCUT2D eigenvalue weighted by Gasteiger charge is 2.40. The Balaban J connectivity index is 1.86. The molecule has 2 aromatic rings. The van der Waals surface area contributed by atoms with Crippen molar-refractivity contribution in [3.8, 4) is 0 Å². The van der Waals surface area contributed by atoms with Crippen molar-refractivity contribution in [3.63, 3.8) is 0 Å². The van der Waals surface area contributed by atoms with E-state index in [1.807, 2.05) is 24.3 Å². The first-order valence-electron chi connectivity index (χ1n) is 7.78. The second kappa shape index (κ2) is 5.83. The van der Waals surface area contributed by atoms with Crippen LogP contribution < -0.4 is 10.4 Å². The van der Waals surface area contributed by atoms with E-state index < -0.39 is 5.97 Å². The van der Waals surface area contributed by atoms with E-state index in [0.717, 1.165) is 17.5 Å². The first-order valence-corrected chi connectivity index (χ1v) is 8.54. The zero-order valence-corrected chi connectivity index (χ0v) is 14.1. The number of aromatic carboxylic acids is 1. The molecular formula is C19H14Cl2NO2-. The van der Waals surface area contributed by atoms with E-state index in [2.05, 4.69) is 17.5 Å². The minimum Gasteiger partial charge on any atom is -0.545 e. The van der Waals surface area contributed by atoms with Gasteiger partial charge < -0.3 is 15.2 Å². The van der Waals surface area contributed by atoms with Gasteiger partial charge in [0.1, 0.15) is 0 Å². The van der Waals surface area contributed by atoms with Gasteiger partial charge in [-0.05, 0) is 41.7 Å². The van der Waals surface area contributed by atoms with Crippen molar-refractivity contribution in [2.24, 2.45) is 5.92 Å². The SMILES string of the molecule is O=C([O-])c1ccc(Cl)c2c1[C@H]1C=CC[C@@H]1[C@H](c1ccc(Cl)cc1)N2. The van der Waals surface area contributed by atoms with Crippen LogP contribution in [-0.4, -0.2) is 5.97 Å². The predicted molar refractivity (Wildman–Crippen MR) is 93.6 cm³/mol. The van der Waals surface area contributed by atoms with Crippen LogP contribution in [-0.2, 0) is 0 Å². The molecule has 5 heteroatoms. The van der Waals surface area contributed by atoms with Crippen LogP contribution >= 0.6 is 23.2 Å². The van der Waals surface area contributed by atoms with E-state index in [-0.39, 0.29) is 23.4 Å². The molecule has 0 aromatic heterocycles. The molecule has 0 amide bonds. The molecule has 0 spiro atoms. The number of carbonyl (C=O) groups is 1. The van der Waals surface area contributed by atoms with Crippen molar-refractivity contribution >= 4 is 34.9 Å². The molecule has 122 valence electrons. The van der Waals surface area contributed by atoms with Gasteiger partial charge in [-0.25, -0.2) is 0 Å². The maximum absolute atomic E-state index is 11.5. The molecule has 2 aliphatic rings. The Labute approximate surface area is 149 Å². The van der Waals surface area contributed by atoms with E-state index in [1.54, 1.807) is 6.07 Å². The van der Waals surface area contributed by atoms with E-state index in [9.17, 15) is 9.90 Å². The van der Waals surface area contributed by atoms with Crippen LogP contribution in [0.15, 0.2) is 48.6 Å². The first kappa shape index (κ1) is 15.6. The Hall–Kier alpha value is -1.97. The van der Waals surface area contributed by atoms with Gasteiger partial charge >= 0.3 is 0 Å². The lowest BCUT2D eigenvalue weighted by atomic mass is 9.75. The summed E-state index contributed by atoms with van der Waals surface area (Å²) in [7, 11) is 0. The summed E-state index contributed by atoms with van der Waals surface area (Å²) in [5.74, 6) is -0.933. The number of anilines is 1. The number of benzene rings is 2. The normalized spacial score (nSPS) is 24.2. The third-order valence-corrected chi connectivity index (χ3v) is 5.48. The van der Waals surface area contributed by atoms with Crippen LogP contribution in [0.1, 0.15) is 39.9 Å². The van der Waals surface area contributed by atoms with Crippen molar-refractivity contribution in [3.05, 3.63) is 75.3 Å². The highest BCUT2D eigenvalue weighted by atomic mass is 35.5. The van der Waals surface area contributed by atoms with Gasteiger partial charge in [0.05, 0.1) is 22.7 Å². The molecular weight excluding hydrogens is 345 g/mol. The van der Waals surface area contributed by atoms with Gasteiger partial charge in [0, 0.05) is 16.5 Å². The summed E-state index contributed by atoms with van der Waals surface area (Å²) < 4.78 is 0. The van der Waals surface area contributed by atoms with Crippen LogP contribution in [0.25, 0.3) is 0 Å². The topological polar surface area (TPSA) is 52.2 Å². The Bertz CT molecular complexity index is 845. The molecule has 1 heterocycles. The minimum absolute atomic E-state index is 0.00790. The second-order valence-corrected chi connectivity index (χ2v) is 7.04. The van der Waals surface area contributed by atoms with E-state index in [1.165, 1.54) is 6.07 Å². The fourth-order valence-corrected chi connectivity index (χ4v) is 4.20. The fourth-order valence-electron chi connectivity index (χ4n) is 3.85. The number of carbonyl (C=O) groups excluding carboxylic acids is 1. The summed E-state index contributed by atoms with van der Waals surface area (Å²) in [4.78, 5) is 11.5. The summed E-state index contributed by atoms with van der Waals surface area (Å²) in [5.41, 5.74) is 2.73. The van der Waals surface area contributed by atoms with E-state index in [4.69, 9.17) is 23.2 Å². The summed E-state index contributed by atoms with van der Waals surface area (Å²) in [6.45, 7) is 0. The van der Waals surface area contributed by atoms with Crippen molar-refractivity contribution in [2.45, 2.75) is 18.4 Å². The second-order valence-electron chi connectivity index (χ2n) is 6.20. The third kappa shape index (κ3) is 2.40. The van der Waals surface area contributed by atoms with Gasteiger partial charge in [0.15, 0.2) is 0 Å². The number of rotatable bonds is 2. The number of allylic oxidation sites excluding steroid dienone is 2. The lowest BCUT2D eigenvalue weighted by molar-refractivity contribution is -0.255. The molecule has 3 nitrogen and oxygen atoms in total. The molecule has 0 saturated heterocycles. The van der Waals surface area contributed by atoms with E-state index >= 15 is 0 Å². The summed E-state index contributed by atoms with van der Waals surface area (Å²) >= 11 is 12.4. The Morgan fingerprint density at radius 2 is 1.88 bits per heavy atom. The molecule has 1 aliphatic heterocycles. The molecule has 3 atom stereocenters. The number of hydrogen-bond acceptors (Lipinski definition) is 3. The fraction of sp³-hybridized carbons (Fsp3) is 0.211. The van der Waals surface area contributed by atoms with Crippen LogP contribution in [0, 0.1) is 5.92 Å². The Morgan fingerprint density at radius 1 is 1.12 bits per heavy atom. The molecule has 4 rings (SSSR count). The van der Waals surface area contributed by atoms with Gasteiger partial charge in [-0.3, -0.25) is 0 Å². The van der Waals surface area contributed by atoms with Crippen LogP contribution in [0.3, 0.4) is 0 Å². The Morgan fingerprint density at radius 3 is 2.58 bits per heavy atom. The van der Waals surface area contributed by atoms with Crippen molar-refractivity contribution in [1.29, 1.82) is 0 Å². The first-order chi connectivity index (χ1) is 11.6. The summed E-state index contributed by atoms with van der Waals surface area (Å²) in [6.07, 6.45) is 5.06. The third-order valence-electron chi connectivity index (χ3n) is 4.92. The van der Waals surface area contributed by atoms with E-state index in [0.29, 0.717) is 15.7 Å². The summed E-state index contributed by atoms with van der Waals surface area (Å²) in [5, 5.41) is 16.2. The van der Waals surface area contributed by atoms with Crippen molar-refractivity contribution in [1.82, 2.24) is 0 Å². The summed E-state index contributed by atoms with van der Waals surface area (Å²) in [6, 6.07) is 10.9. The lowest BCUT2D eigenvalue weighted by Gasteiger charge is -2.39. The van der Waals surface area contributed by atoms with Gasteiger partial charge in [-0.15, -0.1) is 0 Å². The smallest absolute Gasteiger partial charge is 0.0719 e. The van der Waals surface area contributed by atoms with Crippen molar-refractivity contribution in [2.75, 3.05) is 5.32 Å². The highest BCUT2D eigenvalue weighted by Crippen LogP contribution is 2.52. The number of halogens is 2. The largest absolute Gasteiger partial charge is 0.545 e. The number of carboxylic acids is 1. The van der Waals surface area contributed by atoms with Crippen LogP contribution in [0.5, 0.6) is 0 Å². The quantitative estimate of drug-likeness (QED) is 0.819. The molecule has 0 saturated carbocycles. The molecule has 0 unspecified atom stereocenters. The van der Waals surface area contributed by atoms with Gasteiger partial charge in [0.2, 0.25) is 0 Å². The average molecular weight is 359 g/mol. The average Bonchev–Trinajstić information content (AvgIpc) is 3.05. The van der Waals surface area contributed by atoms with Gasteiger partial charge in [-0.1, -0.05) is 53.6 Å². The molecule has 0 radical (unpaired) electrons. The predicted octanol–water partition coefficient (Wildman–Crippen LogP) is 4.18. The monoisotopic (exact) mass is 358 g/mol. The number of nitrogens with one attached hydrogen (secondary N) is 1. The zero-order chi connectivity index (χ0) is 16.8. The number of hydrogen-bond donors (Lipinski definition) is 1. The lowest BCUT2D eigenvalue weighted by Crippen LogP contribution is -2.32. The minimum atomic E-state index is -1.17. The standard InChI is InChI=1S/C19H15Cl2NO2/c20-11-6-4-10(5-7-11)17-13-3-1-2-12(13)16-14(19(23)24)8-9-15(21)18(16)22-17/h1-2,4-9,12-13,17,22H,3H2,(H,23,24)/p-1/t12-,13-,17-/m0/s1. The zero-order valence-electron chi connectivity index (χ0n) is 12.6. The molecule has 24 heavy (non-hydrogen) atoms. The molecule has 0 fully saturated rings. The maximum atomic E-state index is 11.5.